The summed E-state index contributed by atoms with van der Waals surface area (Å²) in [6.45, 7) is 7.64. The number of rotatable bonds is 5. The Bertz CT molecular complexity index is 766. The van der Waals surface area contributed by atoms with E-state index in [0.29, 0.717) is 37.7 Å². The number of aryl methyl sites for hydroxylation is 1. The summed E-state index contributed by atoms with van der Waals surface area (Å²) in [5.41, 5.74) is 2.29. The van der Waals surface area contributed by atoms with Crippen LogP contribution in [-0.4, -0.2) is 34.1 Å². The number of benzene rings is 1. The summed E-state index contributed by atoms with van der Waals surface area (Å²) >= 11 is 0. The van der Waals surface area contributed by atoms with Crippen LogP contribution in [0.4, 0.5) is 17.3 Å². The van der Waals surface area contributed by atoms with Crippen LogP contribution in [0.2, 0.25) is 0 Å². The topological polar surface area (TPSA) is 78.4 Å². The lowest BCUT2D eigenvalue weighted by Gasteiger charge is -2.31. The zero-order chi connectivity index (χ0) is 18.7. The molecule has 0 unspecified atom stereocenters. The van der Waals surface area contributed by atoms with Crippen molar-refractivity contribution < 1.29 is 9.90 Å². The van der Waals surface area contributed by atoms with Crippen LogP contribution in [0.25, 0.3) is 0 Å². The first-order valence-corrected chi connectivity index (χ1v) is 9.13. The zero-order valence-electron chi connectivity index (χ0n) is 15.6. The van der Waals surface area contributed by atoms with Gasteiger partial charge in [-0.15, -0.1) is 0 Å². The fraction of sp³-hybridized carbons (Fsp3) is 0.450. The van der Waals surface area contributed by atoms with E-state index in [1.165, 1.54) is 5.56 Å². The molecular weight excluding hydrogens is 328 g/mol. The van der Waals surface area contributed by atoms with Gasteiger partial charge in [0.15, 0.2) is 0 Å². The number of carboxylic acid groups (broad SMARTS) is 1. The van der Waals surface area contributed by atoms with Gasteiger partial charge in [0, 0.05) is 24.8 Å². The molecule has 1 aromatic carbocycles. The zero-order valence-corrected chi connectivity index (χ0v) is 15.6. The molecule has 6 heteroatoms. The molecule has 6 nitrogen and oxygen atoms in total. The highest BCUT2D eigenvalue weighted by molar-refractivity contribution is 5.70. The number of piperidine rings is 1. The van der Waals surface area contributed by atoms with Crippen molar-refractivity contribution in [1.82, 2.24) is 9.97 Å². The molecule has 0 saturated carbocycles. The molecule has 0 bridgehead atoms. The van der Waals surface area contributed by atoms with Gasteiger partial charge in [0.2, 0.25) is 0 Å². The number of carbonyl (C=O) groups is 1. The first-order chi connectivity index (χ1) is 12.4. The lowest BCUT2D eigenvalue weighted by atomic mass is 9.97. The van der Waals surface area contributed by atoms with Crippen molar-refractivity contribution in [3.8, 4) is 0 Å². The minimum absolute atomic E-state index is 0.244. The van der Waals surface area contributed by atoms with Crippen LogP contribution in [0.3, 0.4) is 0 Å². The van der Waals surface area contributed by atoms with Crippen LogP contribution in [0.15, 0.2) is 30.3 Å². The van der Waals surface area contributed by atoms with Gasteiger partial charge in [0.05, 0.1) is 5.92 Å². The third kappa shape index (κ3) is 4.31. The smallest absolute Gasteiger partial charge is 0.306 e. The summed E-state index contributed by atoms with van der Waals surface area (Å²) < 4.78 is 0. The molecule has 1 aliphatic rings. The summed E-state index contributed by atoms with van der Waals surface area (Å²) in [5.74, 6) is 1.87. The molecular formula is C20H26N4O2. The third-order valence-electron chi connectivity index (χ3n) is 4.84. The van der Waals surface area contributed by atoms with Crippen LogP contribution in [0.1, 0.15) is 44.0 Å². The van der Waals surface area contributed by atoms with E-state index in [9.17, 15) is 4.79 Å². The maximum absolute atomic E-state index is 11.1. The van der Waals surface area contributed by atoms with Gasteiger partial charge in [-0.25, -0.2) is 9.97 Å². The molecule has 0 atom stereocenters. The van der Waals surface area contributed by atoms with Gasteiger partial charge in [-0.05, 0) is 43.4 Å². The van der Waals surface area contributed by atoms with E-state index in [4.69, 9.17) is 5.11 Å². The minimum atomic E-state index is -0.698. The van der Waals surface area contributed by atoms with E-state index in [0.717, 1.165) is 17.3 Å². The maximum atomic E-state index is 11.1. The SMILES string of the molecule is Cc1nc(Nc2ccc(C(C)C)cc2)cc(N2CCC(C(=O)O)CC2)n1. The van der Waals surface area contributed by atoms with Gasteiger partial charge in [-0.1, -0.05) is 26.0 Å². The number of nitrogens with zero attached hydrogens (tertiary/aromatic N) is 3. The molecule has 2 heterocycles. The van der Waals surface area contributed by atoms with Crippen molar-refractivity contribution in [1.29, 1.82) is 0 Å². The lowest BCUT2D eigenvalue weighted by molar-refractivity contribution is -0.142. The van der Waals surface area contributed by atoms with Gasteiger partial charge in [0.1, 0.15) is 17.5 Å². The van der Waals surface area contributed by atoms with Gasteiger partial charge in [-0.2, -0.15) is 0 Å². The van der Waals surface area contributed by atoms with Crippen molar-refractivity contribution in [2.24, 2.45) is 5.92 Å². The summed E-state index contributed by atoms with van der Waals surface area (Å²) in [6.07, 6.45) is 1.30. The Kier molecular flexibility index (Phi) is 5.40. The third-order valence-corrected chi connectivity index (χ3v) is 4.84. The van der Waals surface area contributed by atoms with Crippen LogP contribution in [-0.2, 0) is 4.79 Å². The van der Waals surface area contributed by atoms with E-state index in [1.54, 1.807) is 0 Å². The maximum Gasteiger partial charge on any atom is 0.306 e. The van der Waals surface area contributed by atoms with Crippen molar-refractivity contribution in [2.75, 3.05) is 23.3 Å². The van der Waals surface area contributed by atoms with Crippen molar-refractivity contribution in [3.05, 3.63) is 41.7 Å². The van der Waals surface area contributed by atoms with Crippen LogP contribution in [0, 0.1) is 12.8 Å². The highest BCUT2D eigenvalue weighted by Crippen LogP contribution is 2.25. The quantitative estimate of drug-likeness (QED) is 0.846. The summed E-state index contributed by atoms with van der Waals surface area (Å²) in [7, 11) is 0. The van der Waals surface area contributed by atoms with Crippen molar-refractivity contribution in [2.45, 2.75) is 39.5 Å². The van der Waals surface area contributed by atoms with Crippen LogP contribution >= 0.6 is 0 Å². The number of hydrogen-bond donors (Lipinski definition) is 2. The fourth-order valence-corrected chi connectivity index (χ4v) is 3.23. The number of aromatic nitrogens is 2. The summed E-state index contributed by atoms with van der Waals surface area (Å²) in [6, 6.07) is 10.3. The molecule has 1 saturated heterocycles. The van der Waals surface area contributed by atoms with E-state index in [2.05, 4.69) is 58.3 Å². The molecule has 1 aromatic heterocycles. The van der Waals surface area contributed by atoms with E-state index in [-0.39, 0.29) is 5.92 Å². The highest BCUT2D eigenvalue weighted by atomic mass is 16.4. The second-order valence-electron chi connectivity index (χ2n) is 7.16. The van der Waals surface area contributed by atoms with E-state index in [1.807, 2.05) is 13.0 Å². The Balaban J connectivity index is 1.72. The van der Waals surface area contributed by atoms with Crippen LogP contribution < -0.4 is 10.2 Å². The number of anilines is 3. The molecule has 1 aliphatic heterocycles. The molecule has 26 heavy (non-hydrogen) atoms. The Morgan fingerprint density at radius 2 is 1.85 bits per heavy atom. The fourth-order valence-electron chi connectivity index (χ4n) is 3.23. The number of nitrogens with one attached hydrogen (secondary N) is 1. The summed E-state index contributed by atoms with van der Waals surface area (Å²) in [5, 5.41) is 12.5. The van der Waals surface area contributed by atoms with E-state index < -0.39 is 5.97 Å². The molecule has 2 N–H and O–H groups in total. The molecule has 2 aromatic rings. The standard InChI is InChI=1S/C20H26N4O2/c1-13(2)15-4-6-17(7-5-15)23-18-12-19(22-14(3)21-18)24-10-8-16(9-11-24)20(25)26/h4-7,12-13,16H,8-11H2,1-3H3,(H,25,26)(H,21,22,23). The van der Waals surface area contributed by atoms with Gasteiger partial charge < -0.3 is 15.3 Å². The second-order valence-corrected chi connectivity index (χ2v) is 7.16. The first-order valence-electron chi connectivity index (χ1n) is 9.13. The van der Waals surface area contributed by atoms with Crippen molar-refractivity contribution >= 4 is 23.3 Å². The van der Waals surface area contributed by atoms with Gasteiger partial charge in [-0.3, -0.25) is 4.79 Å². The molecule has 1 fully saturated rings. The molecule has 138 valence electrons. The number of carboxylic acids is 1. The Morgan fingerprint density at radius 1 is 1.19 bits per heavy atom. The second kappa shape index (κ2) is 7.72. The monoisotopic (exact) mass is 354 g/mol. The molecule has 3 rings (SSSR count). The Labute approximate surface area is 154 Å². The normalized spacial score (nSPS) is 15.3. The van der Waals surface area contributed by atoms with Crippen LogP contribution in [0.5, 0.6) is 0 Å². The molecule has 0 aliphatic carbocycles. The Morgan fingerprint density at radius 3 is 2.42 bits per heavy atom. The lowest BCUT2D eigenvalue weighted by Crippen LogP contribution is -2.36. The molecule has 0 amide bonds. The van der Waals surface area contributed by atoms with Gasteiger partial charge >= 0.3 is 5.97 Å². The van der Waals surface area contributed by atoms with Crippen molar-refractivity contribution in [3.63, 3.8) is 0 Å². The minimum Gasteiger partial charge on any atom is -0.481 e. The Hall–Kier alpha value is -2.63. The summed E-state index contributed by atoms with van der Waals surface area (Å²) in [4.78, 5) is 22.3. The predicted octanol–water partition coefficient (Wildman–Crippen LogP) is 3.95. The van der Waals surface area contributed by atoms with Gasteiger partial charge in [0.25, 0.3) is 0 Å². The highest BCUT2D eigenvalue weighted by Gasteiger charge is 2.25. The number of hydrogen-bond acceptors (Lipinski definition) is 5. The average Bonchev–Trinajstić information content (AvgIpc) is 2.61. The predicted molar refractivity (Wildman–Crippen MR) is 103 cm³/mol. The largest absolute Gasteiger partial charge is 0.481 e. The number of aliphatic carboxylic acids is 1. The average molecular weight is 354 g/mol. The molecule has 0 radical (unpaired) electrons. The molecule has 0 spiro atoms. The van der Waals surface area contributed by atoms with E-state index >= 15 is 0 Å². The first kappa shape index (κ1) is 18.2.